The third-order valence-electron chi connectivity index (χ3n) is 2.13. The molecule has 0 heterocycles. The fraction of sp³-hybridized carbons (Fsp3) is 0.400. The standard InChI is InChI=1S/C10H14N2O/c11-6-7-1-4-10(9(12)5-7)13-8-2-3-8/h1,4-5,8H,2-3,6,11-12H2. The first-order valence-electron chi connectivity index (χ1n) is 4.54. The molecular weight excluding hydrogens is 164 g/mol. The second-order valence-electron chi connectivity index (χ2n) is 3.39. The first kappa shape index (κ1) is 8.38. The van der Waals surface area contributed by atoms with Crippen molar-refractivity contribution in [3.63, 3.8) is 0 Å². The summed E-state index contributed by atoms with van der Waals surface area (Å²) >= 11 is 0. The Labute approximate surface area is 77.7 Å². The molecule has 1 saturated carbocycles. The van der Waals surface area contributed by atoms with Crippen molar-refractivity contribution in [3.05, 3.63) is 23.8 Å². The summed E-state index contributed by atoms with van der Waals surface area (Å²) in [5, 5.41) is 0. The van der Waals surface area contributed by atoms with Crippen LogP contribution in [0.1, 0.15) is 18.4 Å². The van der Waals surface area contributed by atoms with Crippen molar-refractivity contribution in [2.45, 2.75) is 25.5 Å². The summed E-state index contributed by atoms with van der Waals surface area (Å²) in [6.07, 6.45) is 2.70. The van der Waals surface area contributed by atoms with Crippen LogP contribution in [0.4, 0.5) is 5.69 Å². The lowest BCUT2D eigenvalue weighted by molar-refractivity contribution is 0.305. The van der Waals surface area contributed by atoms with Gasteiger partial charge in [0.15, 0.2) is 0 Å². The van der Waals surface area contributed by atoms with Crippen molar-refractivity contribution in [1.82, 2.24) is 0 Å². The van der Waals surface area contributed by atoms with Crippen molar-refractivity contribution in [2.75, 3.05) is 5.73 Å². The monoisotopic (exact) mass is 178 g/mol. The molecule has 0 radical (unpaired) electrons. The minimum Gasteiger partial charge on any atom is -0.488 e. The highest BCUT2D eigenvalue weighted by atomic mass is 16.5. The van der Waals surface area contributed by atoms with E-state index in [0.717, 1.165) is 24.2 Å². The number of hydrogen-bond donors (Lipinski definition) is 2. The van der Waals surface area contributed by atoms with Crippen molar-refractivity contribution in [1.29, 1.82) is 0 Å². The van der Waals surface area contributed by atoms with Crippen LogP contribution in [-0.4, -0.2) is 6.10 Å². The molecule has 0 atom stereocenters. The Morgan fingerprint density at radius 2 is 2.15 bits per heavy atom. The van der Waals surface area contributed by atoms with Crippen LogP contribution in [0.2, 0.25) is 0 Å². The molecule has 0 spiro atoms. The topological polar surface area (TPSA) is 61.3 Å². The maximum atomic E-state index is 5.79. The smallest absolute Gasteiger partial charge is 0.142 e. The van der Waals surface area contributed by atoms with Gasteiger partial charge in [-0.05, 0) is 30.5 Å². The van der Waals surface area contributed by atoms with E-state index in [-0.39, 0.29) is 0 Å². The van der Waals surface area contributed by atoms with Gasteiger partial charge in [0.2, 0.25) is 0 Å². The normalized spacial score (nSPS) is 15.8. The average Bonchev–Trinajstić information content (AvgIpc) is 2.92. The van der Waals surface area contributed by atoms with Crippen LogP contribution in [0.25, 0.3) is 0 Å². The quantitative estimate of drug-likeness (QED) is 0.685. The Kier molecular flexibility index (Phi) is 2.10. The molecule has 1 aromatic rings. The van der Waals surface area contributed by atoms with Crippen LogP contribution in [0, 0.1) is 0 Å². The molecule has 0 saturated heterocycles. The zero-order valence-electron chi connectivity index (χ0n) is 7.49. The van der Waals surface area contributed by atoms with Gasteiger partial charge in [0.1, 0.15) is 5.75 Å². The van der Waals surface area contributed by atoms with Crippen LogP contribution in [0.5, 0.6) is 5.75 Å². The molecular formula is C10H14N2O. The summed E-state index contributed by atoms with van der Waals surface area (Å²) in [6, 6.07) is 5.72. The van der Waals surface area contributed by atoms with Crippen LogP contribution in [0.3, 0.4) is 0 Å². The minimum absolute atomic E-state index is 0.394. The lowest BCUT2D eigenvalue weighted by Gasteiger charge is -2.08. The van der Waals surface area contributed by atoms with Crippen molar-refractivity contribution in [2.24, 2.45) is 5.73 Å². The van der Waals surface area contributed by atoms with E-state index in [2.05, 4.69) is 0 Å². The Balaban J connectivity index is 2.15. The molecule has 1 aromatic carbocycles. The predicted molar refractivity (Wildman–Crippen MR) is 52.4 cm³/mol. The number of nitrogens with two attached hydrogens (primary N) is 2. The molecule has 1 aliphatic rings. The van der Waals surface area contributed by atoms with E-state index in [1.165, 1.54) is 0 Å². The summed E-state index contributed by atoms with van der Waals surface area (Å²) in [7, 11) is 0. The maximum Gasteiger partial charge on any atom is 0.142 e. The molecule has 0 amide bonds. The van der Waals surface area contributed by atoms with Crippen LogP contribution in [0.15, 0.2) is 18.2 Å². The summed E-state index contributed by atoms with van der Waals surface area (Å²) in [5.74, 6) is 0.791. The molecule has 0 aromatic heterocycles. The van der Waals surface area contributed by atoms with Gasteiger partial charge in [-0.2, -0.15) is 0 Å². The zero-order chi connectivity index (χ0) is 9.26. The number of anilines is 1. The van der Waals surface area contributed by atoms with Crippen LogP contribution >= 0.6 is 0 Å². The number of nitrogen functional groups attached to an aromatic ring is 1. The first-order valence-corrected chi connectivity index (χ1v) is 4.54. The van der Waals surface area contributed by atoms with Gasteiger partial charge in [-0.3, -0.25) is 0 Å². The number of ether oxygens (including phenoxy) is 1. The van der Waals surface area contributed by atoms with Crippen molar-refractivity contribution >= 4 is 5.69 Å². The van der Waals surface area contributed by atoms with Gasteiger partial charge in [-0.25, -0.2) is 0 Å². The van der Waals surface area contributed by atoms with Crippen LogP contribution in [-0.2, 0) is 6.54 Å². The number of rotatable bonds is 3. The van der Waals surface area contributed by atoms with Crippen molar-refractivity contribution in [3.8, 4) is 5.75 Å². The summed E-state index contributed by atoms with van der Waals surface area (Å²) < 4.78 is 5.59. The second kappa shape index (κ2) is 3.26. The van der Waals surface area contributed by atoms with E-state index in [1.807, 2.05) is 18.2 Å². The molecule has 70 valence electrons. The van der Waals surface area contributed by atoms with Crippen LogP contribution < -0.4 is 16.2 Å². The summed E-state index contributed by atoms with van der Waals surface area (Å²) in [6.45, 7) is 0.522. The Hall–Kier alpha value is -1.22. The van der Waals surface area contributed by atoms with Gasteiger partial charge >= 0.3 is 0 Å². The van der Waals surface area contributed by atoms with Gasteiger partial charge in [0.05, 0.1) is 11.8 Å². The van der Waals surface area contributed by atoms with E-state index in [9.17, 15) is 0 Å². The second-order valence-corrected chi connectivity index (χ2v) is 3.39. The predicted octanol–water partition coefficient (Wildman–Crippen LogP) is 1.27. The Morgan fingerprint density at radius 3 is 2.69 bits per heavy atom. The SMILES string of the molecule is NCc1ccc(OC2CC2)c(N)c1. The molecule has 0 bridgehead atoms. The lowest BCUT2D eigenvalue weighted by atomic mass is 10.2. The van der Waals surface area contributed by atoms with E-state index >= 15 is 0 Å². The average molecular weight is 178 g/mol. The third kappa shape index (κ3) is 1.92. The van der Waals surface area contributed by atoms with Crippen molar-refractivity contribution < 1.29 is 4.74 Å². The Bertz CT molecular complexity index is 308. The molecule has 1 fully saturated rings. The number of benzene rings is 1. The summed E-state index contributed by atoms with van der Waals surface area (Å²) in [4.78, 5) is 0. The first-order chi connectivity index (χ1) is 6.29. The van der Waals surface area contributed by atoms with E-state index in [1.54, 1.807) is 0 Å². The third-order valence-corrected chi connectivity index (χ3v) is 2.13. The molecule has 0 unspecified atom stereocenters. The highest BCUT2D eigenvalue weighted by Crippen LogP contribution is 2.30. The molecule has 3 nitrogen and oxygen atoms in total. The van der Waals surface area contributed by atoms with E-state index in [4.69, 9.17) is 16.2 Å². The molecule has 1 aliphatic carbocycles. The Morgan fingerprint density at radius 1 is 1.38 bits per heavy atom. The maximum absolute atomic E-state index is 5.79. The fourth-order valence-electron chi connectivity index (χ4n) is 1.20. The van der Waals surface area contributed by atoms with Gasteiger partial charge in [-0.1, -0.05) is 6.07 Å². The molecule has 2 rings (SSSR count). The zero-order valence-corrected chi connectivity index (χ0v) is 7.49. The lowest BCUT2D eigenvalue weighted by Crippen LogP contribution is -2.02. The van der Waals surface area contributed by atoms with Gasteiger partial charge in [0.25, 0.3) is 0 Å². The van der Waals surface area contributed by atoms with E-state index < -0.39 is 0 Å². The molecule has 13 heavy (non-hydrogen) atoms. The summed E-state index contributed by atoms with van der Waals surface area (Å²) in [5.41, 5.74) is 13.0. The van der Waals surface area contributed by atoms with Gasteiger partial charge in [0, 0.05) is 6.54 Å². The van der Waals surface area contributed by atoms with E-state index in [0.29, 0.717) is 18.3 Å². The fourth-order valence-corrected chi connectivity index (χ4v) is 1.20. The highest BCUT2D eigenvalue weighted by Gasteiger charge is 2.24. The molecule has 3 heteroatoms. The van der Waals surface area contributed by atoms with Gasteiger partial charge < -0.3 is 16.2 Å². The molecule has 0 aliphatic heterocycles. The largest absolute Gasteiger partial charge is 0.488 e. The molecule has 4 N–H and O–H groups in total. The van der Waals surface area contributed by atoms with Gasteiger partial charge in [-0.15, -0.1) is 0 Å². The minimum atomic E-state index is 0.394. The number of hydrogen-bond acceptors (Lipinski definition) is 3. The highest BCUT2D eigenvalue weighted by molar-refractivity contribution is 5.54.